The van der Waals surface area contributed by atoms with E-state index in [4.69, 9.17) is 16.3 Å². The first-order valence-corrected chi connectivity index (χ1v) is 7.36. The fraction of sp³-hybridized carbons (Fsp3) is 0.429. The molecular formula is C14H17BrClNO3. The van der Waals surface area contributed by atoms with Crippen LogP contribution in [0.25, 0.3) is 0 Å². The summed E-state index contributed by atoms with van der Waals surface area (Å²) in [5, 5.41) is 3.14. The molecule has 4 nitrogen and oxygen atoms in total. The zero-order valence-electron chi connectivity index (χ0n) is 11.6. The predicted molar refractivity (Wildman–Crippen MR) is 81.9 cm³/mol. The van der Waals surface area contributed by atoms with Crippen LogP contribution in [0.5, 0.6) is 0 Å². The molecule has 1 rings (SSSR count). The molecule has 0 saturated heterocycles. The Bertz CT molecular complexity index is 505. The van der Waals surface area contributed by atoms with E-state index in [1.807, 2.05) is 13.8 Å². The standard InChI is InChI=1S/C14H17BrClNO3/c1-8(2)6-12(14(19)20-3)17-13(18)10-7-9(16)4-5-11(10)15/h4-5,7-8,12H,6H2,1-3H3,(H,17,18). The number of halogens is 2. The highest BCUT2D eigenvalue weighted by Gasteiger charge is 2.24. The molecule has 1 aromatic rings. The Balaban J connectivity index is 2.90. The first kappa shape index (κ1) is 17.0. The van der Waals surface area contributed by atoms with Crippen LogP contribution in [0.15, 0.2) is 22.7 Å². The van der Waals surface area contributed by atoms with Gasteiger partial charge < -0.3 is 10.1 Å². The molecule has 110 valence electrons. The summed E-state index contributed by atoms with van der Waals surface area (Å²) in [6, 6.07) is 4.24. The van der Waals surface area contributed by atoms with E-state index in [2.05, 4.69) is 21.2 Å². The highest BCUT2D eigenvalue weighted by atomic mass is 79.9. The van der Waals surface area contributed by atoms with E-state index in [0.717, 1.165) is 0 Å². The Hall–Kier alpha value is -1.07. The number of ether oxygens (including phenoxy) is 1. The Morgan fingerprint density at radius 1 is 1.40 bits per heavy atom. The largest absolute Gasteiger partial charge is 0.467 e. The molecule has 0 aliphatic carbocycles. The van der Waals surface area contributed by atoms with Gasteiger partial charge in [0.1, 0.15) is 6.04 Å². The van der Waals surface area contributed by atoms with E-state index in [1.54, 1.807) is 18.2 Å². The van der Waals surface area contributed by atoms with Crippen LogP contribution in [0.4, 0.5) is 0 Å². The quantitative estimate of drug-likeness (QED) is 0.817. The Kier molecular flexibility index (Phi) is 6.49. The number of amides is 1. The van der Waals surface area contributed by atoms with Crippen LogP contribution in [0.3, 0.4) is 0 Å². The molecule has 1 amide bonds. The van der Waals surface area contributed by atoms with Crippen molar-refractivity contribution >= 4 is 39.4 Å². The van der Waals surface area contributed by atoms with Gasteiger partial charge in [-0.15, -0.1) is 0 Å². The zero-order chi connectivity index (χ0) is 15.3. The lowest BCUT2D eigenvalue weighted by atomic mass is 10.0. The molecule has 0 aliphatic heterocycles. The average molecular weight is 363 g/mol. The molecule has 1 unspecified atom stereocenters. The second kappa shape index (κ2) is 7.64. The molecule has 1 atom stereocenters. The van der Waals surface area contributed by atoms with Crippen molar-refractivity contribution in [1.29, 1.82) is 0 Å². The van der Waals surface area contributed by atoms with Crippen LogP contribution in [0.2, 0.25) is 5.02 Å². The number of carbonyl (C=O) groups is 2. The van der Waals surface area contributed by atoms with Crippen molar-refractivity contribution in [1.82, 2.24) is 5.32 Å². The van der Waals surface area contributed by atoms with Crippen molar-refractivity contribution in [2.24, 2.45) is 5.92 Å². The van der Waals surface area contributed by atoms with Crippen LogP contribution < -0.4 is 5.32 Å². The molecule has 0 aromatic heterocycles. The number of nitrogens with one attached hydrogen (secondary N) is 1. The van der Waals surface area contributed by atoms with Crippen molar-refractivity contribution < 1.29 is 14.3 Å². The van der Waals surface area contributed by atoms with Gasteiger partial charge in [-0.3, -0.25) is 4.79 Å². The van der Waals surface area contributed by atoms with Gasteiger partial charge in [0.2, 0.25) is 0 Å². The summed E-state index contributed by atoms with van der Waals surface area (Å²) in [6.45, 7) is 3.94. The molecule has 0 heterocycles. The van der Waals surface area contributed by atoms with Gasteiger partial charge >= 0.3 is 5.97 Å². The van der Waals surface area contributed by atoms with Gasteiger partial charge in [0, 0.05) is 9.50 Å². The van der Waals surface area contributed by atoms with Crippen LogP contribution in [-0.4, -0.2) is 25.0 Å². The first-order chi connectivity index (χ1) is 9.35. The molecule has 0 fully saturated rings. The minimum Gasteiger partial charge on any atom is -0.467 e. The predicted octanol–water partition coefficient (Wildman–Crippen LogP) is 3.42. The van der Waals surface area contributed by atoms with Crippen LogP contribution in [0, 0.1) is 5.92 Å². The third-order valence-corrected chi connectivity index (χ3v) is 3.60. The number of esters is 1. The lowest BCUT2D eigenvalue weighted by Crippen LogP contribution is -2.42. The second-order valence-corrected chi connectivity index (χ2v) is 6.09. The second-order valence-electron chi connectivity index (χ2n) is 4.80. The summed E-state index contributed by atoms with van der Waals surface area (Å²) in [5.74, 6) is -0.567. The summed E-state index contributed by atoms with van der Waals surface area (Å²) in [6.07, 6.45) is 0.511. The molecule has 0 aliphatic rings. The number of hydrogen-bond acceptors (Lipinski definition) is 3. The van der Waals surface area contributed by atoms with Gasteiger partial charge in [-0.05, 0) is 46.5 Å². The summed E-state index contributed by atoms with van der Waals surface area (Å²) in [4.78, 5) is 23.9. The Labute approximate surface area is 132 Å². The molecule has 6 heteroatoms. The molecule has 1 aromatic carbocycles. The molecular weight excluding hydrogens is 346 g/mol. The maximum absolute atomic E-state index is 12.2. The van der Waals surface area contributed by atoms with Crippen molar-refractivity contribution in [2.45, 2.75) is 26.3 Å². The maximum Gasteiger partial charge on any atom is 0.328 e. The van der Waals surface area contributed by atoms with Crippen LogP contribution in [-0.2, 0) is 9.53 Å². The number of benzene rings is 1. The monoisotopic (exact) mass is 361 g/mol. The van der Waals surface area contributed by atoms with E-state index >= 15 is 0 Å². The summed E-state index contributed by atoms with van der Waals surface area (Å²) in [7, 11) is 1.30. The Morgan fingerprint density at radius 2 is 2.05 bits per heavy atom. The number of carbonyl (C=O) groups excluding carboxylic acids is 2. The topological polar surface area (TPSA) is 55.4 Å². The third kappa shape index (κ3) is 4.80. The van der Waals surface area contributed by atoms with E-state index < -0.39 is 12.0 Å². The highest BCUT2D eigenvalue weighted by molar-refractivity contribution is 9.10. The summed E-state index contributed by atoms with van der Waals surface area (Å²) < 4.78 is 5.33. The van der Waals surface area contributed by atoms with Crippen molar-refractivity contribution in [3.8, 4) is 0 Å². The van der Waals surface area contributed by atoms with Gasteiger partial charge in [-0.25, -0.2) is 4.79 Å². The number of rotatable bonds is 5. The lowest BCUT2D eigenvalue weighted by molar-refractivity contribution is -0.143. The van der Waals surface area contributed by atoms with Crippen LogP contribution >= 0.6 is 27.5 Å². The SMILES string of the molecule is COC(=O)C(CC(C)C)NC(=O)c1cc(Cl)ccc1Br. The summed E-state index contributed by atoms with van der Waals surface area (Å²) >= 11 is 9.17. The van der Waals surface area contributed by atoms with Crippen molar-refractivity contribution in [3.63, 3.8) is 0 Å². The van der Waals surface area contributed by atoms with E-state index in [0.29, 0.717) is 21.5 Å². The molecule has 0 saturated carbocycles. The lowest BCUT2D eigenvalue weighted by Gasteiger charge is -2.18. The average Bonchev–Trinajstić information content (AvgIpc) is 2.39. The molecule has 0 bridgehead atoms. The number of hydrogen-bond donors (Lipinski definition) is 1. The smallest absolute Gasteiger partial charge is 0.328 e. The minimum atomic E-state index is -0.668. The number of methoxy groups -OCH3 is 1. The van der Waals surface area contributed by atoms with Crippen molar-refractivity contribution in [2.75, 3.05) is 7.11 Å². The van der Waals surface area contributed by atoms with E-state index in [-0.39, 0.29) is 11.8 Å². The van der Waals surface area contributed by atoms with Crippen LogP contribution in [0.1, 0.15) is 30.6 Å². The van der Waals surface area contributed by atoms with E-state index in [9.17, 15) is 9.59 Å². The Morgan fingerprint density at radius 3 is 2.60 bits per heavy atom. The van der Waals surface area contributed by atoms with Gasteiger partial charge in [-0.2, -0.15) is 0 Å². The molecule has 1 N–H and O–H groups in total. The van der Waals surface area contributed by atoms with E-state index in [1.165, 1.54) is 7.11 Å². The van der Waals surface area contributed by atoms with Gasteiger partial charge in [0.15, 0.2) is 0 Å². The fourth-order valence-electron chi connectivity index (χ4n) is 1.74. The van der Waals surface area contributed by atoms with Crippen molar-refractivity contribution in [3.05, 3.63) is 33.3 Å². The summed E-state index contributed by atoms with van der Waals surface area (Å²) in [5.41, 5.74) is 0.384. The highest BCUT2D eigenvalue weighted by Crippen LogP contribution is 2.21. The van der Waals surface area contributed by atoms with Gasteiger partial charge in [0.05, 0.1) is 12.7 Å². The molecule has 0 radical (unpaired) electrons. The third-order valence-electron chi connectivity index (χ3n) is 2.67. The normalized spacial score (nSPS) is 12.1. The van der Waals surface area contributed by atoms with Gasteiger partial charge in [-0.1, -0.05) is 25.4 Å². The molecule has 0 spiro atoms. The maximum atomic E-state index is 12.2. The molecule has 20 heavy (non-hydrogen) atoms. The minimum absolute atomic E-state index is 0.252. The fourth-order valence-corrected chi connectivity index (χ4v) is 2.33. The van der Waals surface area contributed by atoms with Gasteiger partial charge in [0.25, 0.3) is 5.91 Å². The zero-order valence-corrected chi connectivity index (χ0v) is 13.9. The first-order valence-electron chi connectivity index (χ1n) is 6.19.